The van der Waals surface area contributed by atoms with E-state index in [-0.39, 0.29) is 0 Å². The van der Waals surface area contributed by atoms with Crippen LogP contribution in [0.2, 0.25) is 0 Å². The maximum Gasteiger partial charge on any atom is 0.0541 e. The van der Waals surface area contributed by atoms with Gasteiger partial charge in [-0.3, -0.25) is 0 Å². The van der Waals surface area contributed by atoms with Crippen molar-refractivity contribution in [1.82, 2.24) is 9.13 Å². The molecule has 0 saturated carbocycles. The molecule has 0 aliphatic heterocycles. The molecule has 2 heterocycles. The van der Waals surface area contributed by atoms with Gasteiger partial charge in [-0.15, -0.1) is 0 Å². The molecular formula is C54H36N2. The van der Waals surface area contributed by atoms with Gasteiger partial charge in [0.2, 0.25) is 0 Å². The smallest absolute Gasteiger partial charge is 0.0541 e. The van der Waals surface area contributed by atoms with Crippen LogP contribution >= 0.6 is 0 Å². The lowest BCUT2D eigenvalue weighted by atomic mass is 9.99. The van der Waals surface area contributed by atoms with E-state index in [9.17, 15) is 0 Å². The van der Waals surface area contributed by atoms with Crippen LogP contribution in [-0.2, 0) is 0 Å². The van der Waals surface area contributed by atoms with Crippen LogP contribution in [0.5, 0.6) is 0 Å². The molecule has 0 amide bonds. The number of fused-ring (bicyclic) bond motifs is 6. The number of para-hydroxylation sites is 3. The fourth-order valence-corrected chi connectivity index (χ4v) is 8.71. The number of aromatic nitrogens is 2. The molecule has 0 N–H and O–H groups in total. The Morgan fingerprint density at radius 1 is 0.232 bits per heavy atom. The quantitative estimate of drug-likeness (QED) is 0.162. The van der Waals surface area contributed by atoms with E-state index in [1.54, 1.807) is 0 Å². The normalized spacial score (nSPS) is 11.6. The average molecular weight is 713 g/mol. The lowest BCUT2D eigenvalue weighted by molar-refractivity contribution is 1.18. The van der Waals surface area contributed by atoms with E-state index in [2.05, 4.69) is 228 Å². The van der Waals surface area contributed by atoms with E-state index < -0.39 is 0 Å². The minimum absolute atomic E-state index is 1.15. The third-order valence-corrected chi connectivity index (χ3v) is 11.3. The van der Waals surface area contributed by atoms with Crippen LogP contribution in [0.25, 0.3) is 99.5 Å². The van der Waals surface area contributed by atoms with Gasteiger partial charge in [0.1, 0.15) is 0 Å². The monoisotopic (exact) mass is 712 g/mol. The zero-order valence-corrected chi connectivity index (χ0v) is 30.7. The molecule has 11 rings (SSSR count). The highest BCUT2D eigenvalue weighted by Gasteiger charge is 2.18. The van der Waals surface area contributed by atoms with E-state index in [0.29, 0.717) is 0 Å². The minimum atomic E-state index is 1.15. The third-order valence-electron chi connectivity index (χ3n) is 11.3. The Balaban J connectivity index is 1.04. The zero-order chi connectivity index (χ0) is 37.0. The van der Waals surface area contributed by atoms with Crippen molar-refractivity contribution in [2.24, 2.45) is 0 Å². The first-order valence-corrected chi connectivity index (χ1v) is 19.3. The fraction of sp³-hybridized carbons (Fsp3) is 0. The summed E-state index contributed by atoms with van der Waals surface area (Å²) in [4.78, 5) is 0. The third kappa shape index (κ3) is 5.26. The van der Waals surface area contributed by atoms with Gasteiger partial charge in [0, 0.05) is 32.8 Å². The Hall–Kier alpha value is -7.42. The second kappa shape index (κ2) is 13.2. The van der Waals surface area contributed by atoms with Gasteiger partial charge >= 0.3 is 0 Å². The van der Waals surface area contributed by atoms with Gasteiger partial charge < -0.3 is 9.13 Å². The van der Waals surface area contributed by atoms with Crippen LogP contribution < -0.4 is 0 Å². The van der Waals surface area contributed by atoms with Crippen LogP contribution in [-0.4, -0.2) is 9.13 Å². The zero-order valence-electron chi connectivity index (χ0n) is 30.7. The Morgan fingerprint density at radius 2 is 0.679 bits per heavy atom. The Bertz CT molecular complexity index is 3240. The van der Waals surface area contributed by atoms with Crippen molar-refractivity contribution in [2.75, 3.05) is 0 Å². The van der Waals surface area contributed by atoms with Gasteiger partial charge in [0.15, 0.2) is 0 Å². The fourth-order valence-electron chi connectivity index (χ4n) is 8.71. The van der Waals surface area contributed by atoms with Gasteiger partial charge in [-0.25, -0.2) is 0 Å². The molecule has 0 aliphatic rings. The summed E-state index contributed by atoms with van der Waals surface area (Å²) >= 11 is 0. The van der Waals surface area contributed by atoms with Crippen molar-refractivity contribution < 1.29 is 0 Å². The van der Waals surface area contributed by atoms with Crippen LogP contribution in [0, 0.1) is 0 Å². The molecule has 0 aliphatic carbocycles. The molecule has 0 saturated heterocycles. The highest BCUT2D eigenvalue weighted by atomic mass is 15.0. The first-order chi connectivity index (χ1) is 27.8. The summed E-state index contributed by atoms with van der Waals surface area (Å²) < 4.78 is 4.85. The highest BCUT2D eigenvalue weighted by molar-refractivity contribution is 6.13. The Labute approximate surface area is 325 Å². The van der Waals surface area contributed by atoms with Gasteiger partial charge in [0.25, 0.3) is 0 Å². The number of hydrogen-bond acceptors (Lipinski definition) is 0. The molecule has 0 atom stereocenters. The van der Waals surface area contributed by atoms with Gasteiger partial charge in [-0.1, -0.05) is 158 Å². The van der Waals surface area contributed by atoms with Crippen molar-refractivity contribution >= 4 is 43.6 Å². The molecule has 2 aromatic heterocycles. The van der Waals surface area contributed by atoms with Gasteiger partial charge in [-0.2, -0.15) is 0 Å². The molecule has 9 aromatic carbocycles. The number of hydrogen-bond donors (Lipinski definition) is 0. The van der Waals surface area contributed by atoms with Crippen LogP contribution in [0.3, 0.4) is 0 Å². The minimum Gasteiger partial charge on any atom is -0.309 e. The molecule has 0 fully saturated rings. The summed E-state index contributed by atoms with van der Waals surface area (Å²) in [6.07, 6.45) is 0. The van der Waals surface area contributed by atoms with Crippen LogP contribution in [0.1, 0.15) is 0 Å². The van der Waals surface area contributed by atoms with Crippen molar-refractivity contribution in [3.8, 4) is 55.9 Å². The maximum absolute atomic E-state index is 2.43. The SMILES string of the molecule is c1ccc(-c2cccc(-c3cccc(-n4c5ccccc5c5cc(-c6ccc7c(c6)c6ccccc6n7-c6ccccc6-c6ccccc6)ccc54)c3)c2)cc1. The van der Waals surface area contributed by atoms with Gasteiger partial charge in [-0.05, 0) is 99.6 Å². The molecule has 0 bridgehead atoms. The van der Waals surface area contributed by atoms with Crippen molar-refractivity contribution in [2.45, 2.75) is 0 Å². The Kier molecular flexibility index (Phi) is 7.53. The average Bonchev–Trinajstić information content (AvgIpc) is 3.79. The highest BCUT2D eigenvalue weighted by Crippen LogP contribution is 2.40. The van der Waals surface area contributed by atoms with Gasteiger partial charge in [0.05, 0.1) is 27.8 Å². The summed E-state index contributed by atoms with van der Waals surface area (Å²) in [6.45, 7) is 0. The molecule has 262 valence electrons. The first kappa shape index (κ1) is 32.0. The van der Waals surface area contributed by atoms with Crippen LogP contribution in [0.4, 0.5) is 0 Å². The standard InChI is InChI=1S/C54H36N2/c1-3-15-37(16-4-1)39-19-13-20-40(33-39)41-21-14-22-44(34-41)55-51-27-11-8-24-46(51)48-35-42(29-31-53(48)55)43-30-32-54-49(36-43)47-25-9-12-28-52(47)56(54)50-26-10-7-23-45(50)38-17-5-2-6-18-38/h1-36H. The van der Waals surface area contributed by atoms with E-state index in [4.69, 9.17) is 0 Å². The van der Waals surface area contributed by atoms with E-state index in [0.717, 1.165) is 5.69 Å². The molecule has 0 radical (unpaired) electrons. The van der Waals surface area contributed by atoms with Crippen molar-refractivity contribution in [1.29, 1.82) is 0 Å². The largest absolute Gasteiger partial charge is 0.309 e. The van der Waals surface area contributed by atoms with E-state index in [1.807, 2.05) is 0 Å². The first-order valence-electron chi connectivity index (χ1n) is 19.3. The molecule has 11 aromatic rings. The summed E-state index contributed by atoms with van der Waals surface area (Å²) in [6, 6.07) is 79.4. The predicted molar refractivity (Wildman–Crippen MR) is 237 cm³/mol. The van der Waals surface area contributed by atoms with E-state index >= 15 is 0 Å². The number of benzene rings is 9. The lowest BCUT2D eigenvalue weighted by Crippen LogP contribution is -1.97. The van der Waals surface area contributed by atoms with E-state index in [1.165, 1.54) is 93.8 Å². The molecular weight excluding hydrogens is 677 g/mol. The van der Waals surface area contributed by atoms with Crippen molar-refractivity contribution in [3.05, 3.63) is 218 Å². The maximum atomic E-state index is 2.43. The summed E-state index contributed by atoms with van der Waals surface area (Å²) in [5.41, 5.74) is 16.8. The lowest BCUT2D eigenvalue weighted by Gasteiger charge is -2.14. The predicted octanol–water partition coefficient (Wildman–Crippen LogP) is 14.5. The summed E-state index contributed by atoms with van der Waals surface area (Å²) in [5, 5.41) is 4.99. The molecule has 56 heavy (non-hydrogen) atoms. The second-order valence-corrected chi connectivity index (χ2v) is 14.5. The topological polar surface area (TPSA) is 9.86 Å². The summed E-state index contributed by atoms with van der Waals surface area (Å²) in [5.74, 6) is 0. The molecule has 2 nitrogen and oxygen atoms in total. The number of nitrogens with zero attached hydrogens (tertiary/aromatic N) is 2. The molecule has 0 spiro atoms. The summed E-state index contributed by atoms with van der Waals surface area (Å²) in [7, 11) is 0. The van der Waals surface area contributed by atoms with Crippen LogP contribution in [0.15, 0.2) is 218 Å². The van der Waals surface area contributed by atoms with Crippen molar-refractivity contribution in [3.63, 3.8) is 0 Å². The number of rotatable bonds is 6. The molecule has 0 unspecified atom stereocenters. The second-order valence-electron chi connectivity index (χ2n) is 14.5. The molecule has 2 heteroatoms. The Morgan fingerprint density at radius 3 is 1.36 bits per heavy atom.